The molecule has 0 aliphatic carbocycles. The number of benzene rings is 2. The third-order valence-corrected chi connectivity index (χ3v) is 8.53. The van der Waals surface area contributed by atoms with E-state index in [0.717, 1.165) is 30.7 Å². The minimum absolute atomic E-state index is 0.00910. The lowest BCUT2D eigenvalue weighted by Gasteiger charge is -2.43. The molecule has 51 heavy (non-hydrogen) atoms. The number of amides is 2. The van der Waals surface area contributed by atoms with E-state index >= 15 is 8.78 Å². The fourth-order valence-electron chi connectivity index (χ4n) is 6.36. The number of carbonyl (C=O) groups excluding carboxylic acids is 3. The first-order chi connectivity index (χ1) is 23.8. The fraction of sp³-hybridized carbons (Fsp3) is 0.486. The van der Waals surface area contributed by atoms with Gasteiger partial charge in [-0.05, 0) is 51.5 Å². The van der Waals surface area contributed by atoms with E-state index in [2.05, 4.69) is 0 Å². The number of ether oxygens (including phenoxy) is 2. The van der Waals surface area contributed by atoms with E-state index in [-0.39, 0.29) is 43.3 Å². The Morgan fingerprint density at radius 3 is 2.31 bits per heavy atom. The van der Waals surface area contributed by atoms with E-state index in [1.165, 1.54) is 22.9 Å². The Kier molecular flexibility index (Phi) is 11.9. The molecule has 276 valence electrons. The van der Waals surface area contributed by atoms with E-state index in [9.17, 15) is 28.7 Å². The number of carbonyl (C=O) groups is 4. The van der Waals surface area contributed by atoms with Gasteiger partial charge in [-0.2, -0.15) is 0 Å². The number of halogens is 3. The number of aliphatic carboxylic acids is 1. The first-order valence-corrected chi connectivity index (χ1v) is 16.6. The number of rotatable bonds is 12. The predicted octanol–water partition coefficient (Wildman–Crippen LogP) is 6.40. The lowest BCUT2D eigenvalue weighted by Crippen LogP contribution is -2.50. The van der Waals surface area contributed by atoms with E-state index in [0.29, 0.717) is 0 Å². The maximum absolute atomic E-state index is 15.8. The molecule has 0 unspecified atom stereocenters. The Morgan fingerprint density at radius 1 is 1.04 bits per heavy atom. The summed E-state index contributed by atoms with van der Waals surface area (Å²) in [4.78, 5) is 58.8. The van der Waals surface area contributed by atoms with Crippen LogP contribution in [0.1, 0.15) is 72.3 Å². The highest BCUT2D eigenvalue weighted by Gasteiger charge is 2.47. The van der Waals surface area contributed by atoms with Crippen LogP contribution in [0.4, 0.5) is 18.0 Å². The highest BCUT2D eigenvalue weighted by atomic mass is 19.1. The molecule has 1 saturated heterocycles. The lowest BCUT2D eigenvalue weighted by molar-refractivity contribution is -0.161. The second-order valence-corrected chi connectivity index (χ2v) is 14.6. The Balaban J connectivity index is 1.92. The fourth-order valence-corrected chi connectivity index (χ4v) is 6.36. The van der Waals surface area contributed by atoms with Crippen LogP contribution in [0.3, 0.4) is 0 Å². The monoisotopic (exact) mass is 714 g/mol. The highest BCUT2D eigenvalue weighted by Crippen LogP contribution is 2.43. The van der Waals surface area contributed by atoms with E-state index in [1.54, 1.807) is 51.3 Å². The summed E-state index contributed by atoms with van der Waals surface area (Å²) in [5.74, 6) is -5.08. The van der Waals surface area contributed by atoms with Gasteiger partial charge in [0.25, 0.3) is 5.91 Å². The van der Waals surface area contributed by atoms with Crippen LogP contribution >= 0.6 is 0 Å². The predicted molar refractivity (Wildman–Crippen MR) is 181 cm³/mol. The number of esters is 1. The average Bonchev–Trinajstić information content (AvgIpc) is 3.59. The number of aromatic nitrogens is 2. The standard InChI is InChI=1S/C37H45F3N4O7/c1-22(50-23(2)45)34(48)44(19-25-18-43(20-29(25)40)35(49)51-36(3,4)5)32(37(6,7)16-31(46)47)33-41-30(27-15-26(38)13-14-28(27)39)21-42(33)17-24-11-9-8-10-12-24/h8-15,21-22,25,29,32H,16-20H2,1-7H3,(H,46,47)/t22-,25-,29-,32-/m0/s1. The van der Waals surface area contributed by atoms with Gasteiger partial charge in [-0.3, -0.25) is 14.4 Å². The Hall–Kier alpha value is -4.88. The van der Waals surface area contributed by atoms with E-state index in [1.807, 2.05) is 18.2 Å². The van der Waals surface area contributed by atoms with Gasteiger partial charge in [0.1, 0.15) is 29.2 Å². The maximum atomic E-state index is 15.8. The number of imidazole rings is 1. The number of hydrogen-bond acceptors (Lipinski definition) is 7. The number of alkyl halides is 1. The molecule has 4 atom stereocenters. The summed E-state index contributed by atoms with van der Waals surface area (Å²) in [6.45, 7) is 10.0. The molecule has 1 aliphatic rings. The molecule has 1 N–H and O–H groups in total. The molecule has 2 aromatic carbocycles. The quantitative estimate of drug-likeness (QED) is 0.213. The second kappa shape index (κ2) is 15.6. The molecule has 2 amide bonds. The zero-order valence-corrected chi connectivity index (χ0v) is 29.9. The summed E-state index contributed by atoms with van der Waals surface area (Å²) in [5.41, 5.74) is -1.57. The van der Waals surface area contributed by atoms with Crippen LogP contribution in [0.15, 0.2) is 54.7 Å². The summed E-state index contributed by atoms with van der Waals surface area (Å²) in [7, 11) is 0. The molecular weight excluding hydrogens is 669 g/mol. The summed E-state index contributed by atoms with van der Waals surface area (Å²) < 4.78 is 57.8. The zero-order chi connectivity index (χ0) is 37.8. The van der Waals surface area contributed by atoms with Crippen molar-refractivity contribution in [3.8, 4) is 11.3 Å². The third-order valence-electron chi connectivity index (χ3n) is 8.53. The largest absolute Gasteiger partial charge is 0.481 e. The maximum Gasteiger partial charge on any atom is 0.410 e. The van der Waals surface area contributed by atoms with Crippen molar-refractivity contribution in [1.29, 1.82) is 0 Å². The number of carboxylic acids is 1. The van der Waals surface area contributed by atoms with Crippen molar-refractivity contribution in [1.82, 2.24) is 19.4 Å². The van der Waals surface area contributed by atoms with E-state index in [4.69, 9.17) is 14.5 Å². The SMILES string of the molecule is CC(=O)O[C@@H](C)C(=O)N(C[C@@H]1CN(C(=O)OC(C)(C)C)C[C@@H]1F)[C@@H](c1nc(-c2cc(F)ccc2F)cn1Cc1ccccc1)C(C)(C)CC(=O)O. The van der Waals surface area contributed by atoms with Crippen LogP contribution in [0.2, 0.25) is 0 Å². The molecule has 4 rings (SSSR count). The summed E-state index contributed by atoms with van der Waals surface area (Å²) in [6.07, 6.45) is -2.74. The average molecular weight is 715 g/mol. The topological polar surface area (TPSA) is 131 Å². The Morgan fingerprint density at radius 2 is 1.71 bits per heavy atom. The lowest BCUT2D eigenvalue weighted by atomic mass is 9.79. The number of nitrogens with zero attached hydrogens (tertiary/aromatic N) is 4. The van der Waals surface area contributed by atoms with Gasteiger partial charge >= 0.3 is 18.0 Å². The van der Waals surface area contributed by atoms with Crippen LogP contribution in [0.5, 0.6) is 0 Å². The van der Waals surface area contributed by atoms with Gasteiger partial charge in [-0.15, -0.1) is 0 Å². The van der Waals surface area contributed by atoms with Crippen molar-refractivity contribution in [2.45, 2.75) is 85.4 Å². The normalized spacial score (nSPS) is 17.5. The summed E-state index contributed by atoms with van der Waals surface area (Å²) in [6, 6.07) is 10.7. The molecule has 11 nitrogen and oxygen atoms in total. The second-order valence-electron chi connectivity index (χ2n) is 14.6. The minimum atomic E-state index is -1.61. The van der Waals surface area contributed by atoms with Crippen molar-refractivity contribution in [2.75, 3.05) is 19.6 Å². The molecule has 0 bridgehead atoms. The van der Waals surface area contributed by atoms with Crippen molar-refractivity contribution >= 4 is 23.9 Å². The van der Waals surface area contributed by atoms with Crippen LogP contribution in [-0.2, 0) is 30.4 Å². The summed E-state index contributed by atoms with van der Waals surface area (Å²) in [5, 5.41) is 10.1. The van der Waals surface area contributed by atoms with Gasteiger partial charge in [0.05, 0.1) is 24.7 Å². The number of likely N-dealkylation sites (tertiary alicyclic amines) is 1. The molecule has 1 fully saturated rings. The van der Waals surface area contributed by atoms with Crippen LogP contribution in [-0.4, -0.2) is 85.9 Å². The smallest absolute Gasteiger partial charge is 0.410 e. The molecule has 14 heteroatoms. The van der Waals surface area contributed by atoms with Gasteiger partial charge in [0, 0.05) is 49.7 Å². The van der Waals surface area contributed by atoms with Crippen molar-refractivity contribution in [3.63, 3.8) is 0 Å². The molecular formula is C37H45F3N4O7. The van der Waals surface area contributed by atoms with Crippen LogP contribution in [0.25, 0.3) is 11.3 Å². The molecule has 3 aromatic rings. The Bertz CT molecular complexity index is 1740. The van der Waals surface area contributed by atoms with Gasteiger partial charge in [-0.25, -0.2) is 22.9 Å². The van der Waals surface area contributed by atoms with Gasteiger partial charge < -0.3 is 28.9 Å². The third kappa shape index (κ3) is 9.89. The van der Waals surface area contributed by atoms with Gasteiger partial charge in [0.15, 0.2) is 6.10 Å². The minimum Gasteiger partial charge on any atom is -0.481 e. The van der Waals surface area contributed by atoms with Gasteiger partial charge in [-0.1, -0.05) is 44.2 Å². The first kappa shape index (κ1) is 38.9. The number of carboxylic acid groups (broad SMARTS) is 1. The van der Waals surface area contributed by atoms with Crippen molar-refractivity contribution in [2.24, 2.45) is 11.3 Å². The molecule has 0 radical (unpaired) electrons. The van der Waals surface area contributed by atoms with Gasteiger partial charge in [0.2, 0.25) is 0 Å². The zero-order valence-electron chi connectivity index (χ0n) is 29.9. The van der Waals surface area contributed by atoms with Crippen LogP contribution in [0, 0.1) is 23.0 Å². The molecule has 1 aliphatic heterocycles. The first-order valence-electron chi connectivity index (χ1n) is 16.6. The van der Waals surface area contributed by atoms with Crippen LogP contribution < -0.4 is 0 Å². The molecule has 0 saturated carbocycles. The Labute approximate surface area is 295 Å². The highest BCUT2D eigenvalue weighted by molar-refractivity contribution is 5.83. The molecule has 1 aromatic heterocycles. The summed E-state index contributed by atoms with van der Waals surface area (Å²) >= 11 is 0. The van der Waals surface area contributed by atoms with Crippen molar-refractivity contribution in [3.05, 3.63) is 77.8 Å². The molecule has 2 heterocycles. The van der Waals surface area contributed by atoms with E-state index < -0.39 is 77.2 Å². The number of hydrogen-bond donors (Lipinski definition) is 1. The molecule has 0 spiro atoms. The van der Waals surface area contributed by atoms with Crippen molar-refractivity contribution < 1.29 is 46.9 Å².